The highest BCUT2D eigenvalue weighted by molar-refractivity contribution is 5.70. The van der Waals surface area contributed by atoms with Crippen LogP contribution in [0.15, 0.2) is 72.9 Å². The van der Waals surface area contributed by atoms with E-state index in [9.17, 15) is 9.59 Å². The van der Waals surface area contributed by atoms with Crippen LogP contribution in [0.2, 0.25) is 0 Å². The molecule has 0 bridgehead atoms. The molecule has 0 aliphatic carbocycles. The Hall–Kier alpha value is -2.66. The normalized spacial score (nSPS) is 12.9. The maximum absolute atomic E-state index is 12.7. The zero-order valence-corrected chi connectivity index (χ0v) is 35.5. The summed E-state index contributed by atoms with van der Waals surface area (Å²) < 4.78 is 17.1. The fourth-order valence-corrected chi connectivity index (χ4v) is 5.95. The zero-order chi connectivity index (χ0) is 39.3. The molecule has 0 aliphatic rings. The summed E-state index contributed by atoms with van der Waals surface area (Å²) in [5, 5.41) is 0. The minimum Gasteiger partial charge on any atom is -0.462 e. The molecule has 0 spiro atoms. The molecule has 0 aromatic heterocycles. The van der Waals surface area contributed by atoms with Gasteiger partial charge in [-0.25, -0.2) is 0 Å². The van der Waals surface area contributed by atoms with Crippen LogP contribution in [0.3, 0.4) is 0 Å². The van der Waals surface area contributed by atoms with Crippen molar-refractivity contribution in [2.75, 3.05) is 19.8 Å². The highest BCUT2D eigenvalue weighted by Gasteiger charge is 2.17. The number of allylic oxidation sites excluding steroid dienone is 12. The van der Waals surface area contributed by atoms with Gasteiger partial charge in [-0.3, -0.25) is 9.59 Å². The van der Waals surface area contributed by atoms with E-state index in [2.05, 4.69) is 87.6 Å². The van der Waals surface area contributed by atoms with Gasteiger partial charge in [0.1, 0.15) is 6.61 Å². The third kappa shape index (κ3) is 42.1. The molecule has 0 radical (unpaired) electrons. The van der Waals surface area contributed by atoms with E-state index >= 15 is 0 Å². The van der Waals surface area contributed by atoms with Crippen molar-refractivity contribution in [1.29, 1.82) is 0 Å². The lowest BCUT2D eigenvalue weighted by molar-refractivity contribution is -0.162. The predicted molar refractivity (Wildman–Crippen MR) is 233 cm³/mol. The number of hydrogen-bond acceptors (Lipinski definition) is 5. The minimum atomic E-state index is -0.561. The van der Waals surface area contributed by atoms with E-state index in [0.717, 1.165) is 64.2 Å². The smallest absolute Gasteiger partial charge is 0.306 e. The van der Waals surface area contributed by atoms with E-state index in [1.807, 2.05) is 6.08 Å². The molecule has 1 atom stereocenters. The molecule has 0 saturated heterocycles. The molecule has 0 N–H and O–H groups in total. The first-order chi connectivity index (χ1) is 26.6. The third-order valence-corrected chi connectivity index (χ3v) is 9.27. The molecule has 0 aromatic carbocycles. The number of rotatable bonds is 40. The second-order valence-corrected chi connectivity index (χ2v) is 14.6. The Labute approximate surface area is 334 Å². The summed E-state index contributed by atoms with van der Waals surface area (Å²) in [6.45, 7) is 7.59. The summed E-state index contributed by atoms with van der Waals surface area (Å²) in [4.78, 5) is 25.1. The summed E-state index contributed by atoms with van der Waals surface area (Å²) in [6, 6.07) is 0. The molecule has 54 heavy (non-hydrogen) atoms. The standard InChI is InChI=1S/C49H84O5/c1-4-7-10-13-16-18-20-22-23-24-25-26-27-29-30-32-34-36-39-42-48(50)53-46-47(45-52-44-41-38-15-12-9-6-3)54-49(51)43-40-37-35-33-31-28-21-19-17-14-11-8-5-2/h7,10,16,18,22-23,25-26,29-30,34,36,47H,4-6,8-9,11-15,17,19-21,24,27-28,31-33,35,37-46H2,1-3H3/b10-7-,18-16-,23-22-,26-25-,30-29-,36-34-. The average Bonchev–Trinajstić information content (AvgIpc) is 3.17. The van der Waals surface area contributed by atoms with Crippen LogP contribution in [0, 0.1) is 0 Å². The van der Waals surface area contributed by atoms with Crippen LogP contribution >= 0.6 is 0 Å². The summed E-state index contributed by atoms with van der Waals surface area (Å²) in [5.74, 6) is -0.497. The second kappa shape index (κ2) is 44.7. The van der Waals surface area contributed by atoms with Crippen molar-refractivity contribution in [3.8, 4) is 0 Å². The Morgan fingerprint density at radius 3 is 1.30 bits per heavy atom. The van der Waals surface area contributed by atoms with Gasteiger partial charge in [0.15, 0.2) is 6.10 Å². The molecule has 0 rings (SSSR count). The Morgan fingerprint density at radius 2 is 0.833 bits per heavy atom. The van der Waals surface area contributed by atoms with E-state index in [1.165, 1.54) is 96.3 Å². The second-order valence-electron chi connectivity index (χ2n) is 14.6. The van der Waals surface area contributed by atoms with Crippen molar-refractivity contribution < 1.29 is 23.8 Å². The van der Waals surface area contributed by atoms with Crippen molar-refractivity contribution in [2.45, 2.75) is 207 Å². The fraction of sp³-hybridized carbons (Fsp3) is 0.714. The molecule has 0 fully saturated rings. The van der Waals surface area contributed by atoms with Crippen molar-refractivity contribution in [1.82, 2.24) is 0 Å². The van der Waals surface area contributed by atoms with Crippen LogP contribution in [-0.2, 0) is 23.8 Å². The lowest BCUT2D eigenvalue weighted by Gasteiger charge is -2.18. The van der Waals surface area contributed by atoms with Crippen LogP contribution in [0.4, 0.5) is 0 Å². The van der Waals surface area contributed by atoms with Crippen LogP contribution in [0.1, 0.15) is 201 Å². The first-order valence-corrected chi connectivity index (χ1v) is 22.5. The van der Waals surface area contributed by atoms with Crippen molar-refractivity contribution in [3.63, 3.8) is 0 Å². The zero-order valence-electron chi connectivity index (χ0n) is 35.5. The molecular weight excluding hydrogens is 669 g/mol. The van der Waals surface area contributed by atoms with Gasteiger partial charge in [-0.15, -0.1) is 0 Å². The summed E-state index contributed by atoms with van der Waals surface area (Å²) in [5.41, 5.74) is 0. The van der Waals surface area contributed by atoms with E-state index < -0.39 is 6.10 Å². The van der Waals surface area contributed by atoms with Gasteiger partial charge in [0.25, 0.3) is 0 Å². The molecule has 0 amide bonds. The van der Waals surface area contributed by atoms with E-state index in [4.69, 9.17) is 14.2 Å². The van der Waals surface area contributed by atoms with E-state index in [-0.39, 0.29) is 25.2 Å². The molecule has 0 saturated carbocycles. The van der Waals surface area contributed by atoms with E-state index in [1.54, 1.807) is 0 Å². The maximum Gasteiger partial charge on any atom is 0.306 e. The predicted octanol–water partition coefficient (Wildman–Crippen LogP) is 14.8. The van der Waals surface area contributed by atoms with Gasteiger partial charge in [0.2, 0.25) is 0 Å². The summed E-state index contributed by atoms with van der Waals surface area (Å²) in [6.07, 6.45) is 56.3. The molecule has 0 aromatic rings. The average molecular weight is 753 g/mol. The lowest BCUT2D eigenvalue weighted by Crippen LogP contribution is -2.30. The van der Waals surface area contributed by atoms with Gasteiger partial charge in [-0.05, 0) is 57.8 Å². The highest BCUT2D eigenvalue weighted by Crippen LogP contribution is 2.14. The van der Waals surface area contributed by atoms with Crippen molar-refractivity contribution in [2.24, 2.45) is 0 Å². The first-order valence-electron chi connectivity index (χ1n) is 22.5. The molecule has 0 aliphatic heterocycles. The molecule has 0 heterocycles. The molecule has 5 nitrogen and oxygen atoms in total. The van der Waals surface area contributed by atoms with Crippen molar-refractivity contribution >= 4 is 11.9 Å². The van der Waals surface area contributed by atoms with Gasteiger partial charge in [-0.1, -0.05) is 203 Å². The first kappa shape index (κ1) is 51.3. The Morgan fingerprint density at radius 1 is 0.426 bits per heavy atom. The Bertz CT molecular complexity index is 988. The number of unbranched alkanes of at least 4 members (excludes halogenated alkanes) is 17. The van der Waals surface area contributed by atoms with Crippen LogP contribution in [0.25, 0.3) is 0 Å². The number of carbonyl (C=O) groups is 2. The van der Waals surface area contributed by atoms with Crippen LogP contribution < -0.4 is 0 Å². The van der Waals surface area contributed by atoms with Gasteiger partial charge >= 0.3 is 11.9 Å². The molecule has 310 valence electrons. The summed E-state index contributed by atoms with van der Waals surface area (Å²) >= 11 is 0. The quantitative estimate of drug-likeness (QED) is 0.0354. The fourth-order valence-electron chi connectivity index (χ4n) is 5.95. The lowest BCUT2D eigenvalue weighted by atomic mass is 10.0. The molecule has 5 heteroatoms. The minimum absolute atomic E-state index is 0.0451. The summed E-state index contributed by atoms with van der Waals surface area (Å²) in [7, 11) is 0. The number of esters is 2. The van der Waals surface area contributed by atoms with Gasteiger partial charge in [-0.2, -0.15) is 0 Å². The Kier molecular flexibility index (Phi) is 42.5. The van der Waals surface area contributed by atoms with Gasteiger partial charge < -0.3 is 14.2 Å². The van der Waals surface area contributed by atoms with E-state index in [0.29, 0.717) is 25.9 Å². The monoisotopic (exact) mass is 753 g/mol. The SMILES string of the molecule is CC/C=C\C/C=C\C/C=C\C/C=C\C/C=C\C/C=C\CCC(=O)OCC(COCCCCCCCC)OC(=O)CCCCCCCCCCCCCCC. The number of ether oxygens (including phenoxy) is 3. The van der Waals surface area contributed by atoms with Crippen molar-refractivity contribution in [3.05, 3.63) is 72.9 Å². The largest absolute Gasteiger partial charge is 0.462 e. The van der Waals surface area contributed by atoms with Gasteiger partial charge in [0, 0.05) is 19.4 Å². The number of hydrogen-bond donors (Lipinski definition) is 0. The molecule has 1 unspecified atom stereocenters. The van der Waals surface area contributed by atoms with Gasteiger partial charge in [0.05, 0.1) is 6.61 Å². The maximum atomic E-state index is 12.7. The molecular formula is C49H84O5. The number of carbonyl (C=O) groups excluding carboxylic acids is 2. The van der Waals surface area contributed by atoms with Crippen LogP contribution in [0.5, 0.6) is 0 Å². The third-order valence-electron chi connectivity index (χ3n) is 9.27. The Balaban J connectivity index is 4.25. The van der Waals surface area contributed by atoms with Crippen LogP contribution in [-0.4, -0.2) is 37.9 Å². The topological polar surface area (TPSA) is 61.8 Å². The highest BCUT2D eigenvalue weighted by atomic mass is 16.6.